The van der Waals surface area contributed by atoms with Crippen LogP contribution in [0.1, 0.15) is 28.9 Å². The van der Waals surface area contributed by atoms with E-state index in [4.69, 9.17) is 4.74 Å². The highest BCUT2D eigenvalue weighted by molar-refractivity contribution is 6.00. The summed E-state index contributed by atoms with van der Waals surface area (Å²) in [5, 5.41) is 6.23. The minimum Gasteiger partial charge on any atom is -0.495 e. The number of amides is 1. The summed E-state index contributed by atoms with van der Waals surface area (Å²) >= 11 is 0. The van der Waals surface area contributed by atoms with Crippen LogP contribution in [-0.2, 0) is 0 Å². The van der Waals surface area contributed by atoms with Crippen LogP contribution < -0.4 is 10.1 Å². The SMILES string of the molecule is COc1cncc(-c2cc(C)n3ncc(C(=O)N[C@H](C4CC4)C(F)(F)F)c3n2)c1. The fourth-order valence-corrected chi connectivity index (χ4v) is 3.21. The molecule has 0 aliphatic heterocycles. The van der Waals surface area contributed by atoms with E-state index in [2.05, 4.69) is 20.4 Å². The first-order valence-electron chi connectivity index (χ1n) is 9.00. The molecule has 3 heterocycles. The molecule has 0 unspecified atom stereocenters. The zero-order chi connectivity index (χ0) is 20.8. The Labute approximate surface area is 163 Å². The summed E-state index contributed by atoms with van der Waals surface area (Å²) in [5.74, 6) is -0.887. The van der Waals surface area contributed by atoms with E-state index < -0.39 is 24.0 Å². The highest BCUT2D eigenvalue weighted by atomic mass is 19.4. The van der Waals surface area contributed by atoms with Gasteiger partial charge in [-0.3, -0.25) is 9.78 Å². The topological polar surface area (TPSA) is 81.4 Å². The Morgan fingerprint density at radius 3 is 2.69 bits per heavy atom. The van der Waals surface area contributed by atoms with E-state index in [1.807, 2.05) is 0 Å². The molecule has 1 aliphatic carbocycles. The van der Waals surface area contributed by atoms with Gasteiger partial charge in [0.2, 0.25) is 0 Å². The highest BCUT2D eigenvalue weighted by Gasteiger charge is 2.49. The summed E-state index contributed by atoms with van der Waals surface area (Å²) in [7, 11) is 1.51. The number of pyridine rings is 1. The van der Waals surface area contributed by atoms with E-state index in [0.29, 0.717) is 35.5 Å². The van der Waals surface area contributed by atoms with E-state index >= 15 is 0 Å². The van der Waals surface area contributed by atoms with Crippen molar-refractivity contribution in [2.24, 2.45) is 5.92 Å². The number of alkyl halides is 3. The van der Waals surface area contributed by atoms with E-state index in [-0.39, 0.29) is 11.2 Å². The monoisotopic (exact) mass is 405 g/mol. The van der Waals surface area contributed by atoms with Gasteiger partial charge in [0.25, 0.3) is 5.91 Å². The molecule has 0 aromatic carbocycles. The second-order valence-corrected chi connectivity index (χ2v) is 7.02. The predicted molar refractivity (Wildman–Crippen MR) is 97.5 cm³/mol. The molecular formula is C19H18F3N5O2. The van der Waals surface area contributed by atoms with E-state index in [0.717, 1.165) is 0 Å². The number of carbonyl (C=O) groups is 1. The molecule has 152 valence electrons. The molecule has 1 fully saturated rings. The van der Waals surface area contributed by atoms with Gasteiger partial charge < -0.3 is 10.1 Å². The van der Waals surface area contributed by atoms with Crippen molar-refractivity contribution in [3.8, 4) is 17.0 Å². The maximum Gasteiger partial charge on any atom is 0.408 e. The van der Waals surface area contributed by atoms with Gasteiger partial charge in [0, 0.05) is 17.5 Å². The molecule has 1 saturated carbocycles. The van der Waals surface area contributed by atoms with Crippen molar-refractivity contribution >= 4 is 11.6 Å². The molecule has 3 aromatic heterocycles. The van der Waals surface area contributed by atoms with Crippen LogP contribution in [0.3, 0.4) is 0 Å². The Morgan fingerprint density at radius 2 is 2.03 bits per heavy atom. The van der Waals surface area contributed by atoms with Gasteiger partial charge in [0.1, 0.15) is 17.4 Å². The predicted octanol–water partition coefficient (Wildman–Crippen LogP) is 3.18. The number of carbonyl (C=O) groups excluding carboxylic acids is 1. The number of hydrogen-bond acceptors (Lipinski definition) is 5. The minimum absolute atomic E-state index is 0.0132. The van der Waals surface area contributed by atoms with Crippen LogP contribution in [0.15, 0.2) is 30.7 Å². The maximum absolute atomic E-state index is 13.3. The number of halogens is 3. The smallest absolute Gasteiger partial charge is 0.408 e. The van der Waals surface area contributed by atoms with Crippen LogP contribution in [0.25, 0.3) is 16.9 Å². The standard InChI is InChI=1S/C19H18F3N5O2/c1-10-5-15(12-6-13(29-2)8-23-7-12)25-17-14(9-24-27(10)17)18(28)26-16(11-3-4-11)19(20,21)22/h5-9,11,16H,3-4H2,1-2H3,(H,26,28)/t16-/m1/s1. The van der Waals surface area contributed by atoms with Gasteiger partial charge in [-0.1, -0.05) is 0 Å². The molecule has 29 heavy (non-hydrogen) atoms. The third-order valence-electron chi connectivity index (χ3n) is 4.87. The molecule has 1 atom stereocenters. The molecule has 10 heteroatoms. The van der Waals surface area contributed by atoms with Gasteiger partial charge >= 0.3 is 6.18 Å². The maximum atomic E-state index is 13.3. The lowest BCUT2D eigenvalue weighted by atomic mass is 10.1. The van der Waals surface area contributed by atoms with Crippen LogP contribution in [0, 0.1) is 12.8 Å². The molecule has 1 aliphatic rings. The van der Waals surface area contributed by atoms with Crippen molar-refractivity contribution in [3.05, 3.63) is 42.0 Å². The molecule has 1 N–H and O–H groups in total. The second kappa shape index (κ2) is 7.02. The number of rotatable bonds is 5. The average molecular weight is 405 g/mol. The summed E-state index contributed by atoms with van der Waals surface area (Å²) in [6.45, 7) is 1.77. The molecule has 0 radical (unpaired) electrons. The quantitative estimate of drug-likeness (QED) is 0.705. The lowest BCUT2D eigenvalue weighted by Crippen LogP contribution is -2.46. The molecule has 4 rings (SSSR count). The Kier molecular flexibility index (Phi) is 4.64. The lowest BCUT2D eigenvalue weighted by Gasteiger charge is -2.20. The Hall–Kier alpha value is -3.17. The number of nitrogens with one attached hydrogen (secondary N) is 1. The highest BCUT2D eigenvalue weighted by Crippen LogP contribution is 2.40. The number of fused-ring (bicyclic) bond motifs is 1. The second-order valence-electron chi connectivity index (χ2n) is 7.02. The van der Waals surface area contributed by atoms with Gasteiger partial charge in [-0.15, -0.1) is 0 Å². The first kappa shape index (κ1) is 19.2. The summed E-state index contributed by atoms with van der Waals surface area (Å²) in [5.41, 5.74) is 1.98. The van der Waals surface area contributed by atoms with E-state index in [1.54, 1.807) is 31.5 Å². The number of nitrogens with zero attached hydrogens (tertiary/aromatic N) is 4. The van der Waals surface area contributed by atoms with Gasteiger partial charge in [0.05, 0.1) is 25.2 Å². The zero-order valence-corrected chi connectivity index (χ0v) is 15.7. The van der Waals surface area contributed by atoms with Crippen LogP contribution in [0.5, 0.6) is 5.75 Å². The van der Waals surface area contributed by atoms with Gasteiger partial charge in [0.15, 0.2) is 5.65 Å². The number of hydrogen-bond donors (Lipinski definition) is 1. The fourth-order valence-electron chi connectivity index (χ4n) is 3.21. The van der Waals surface area contributed by atoms with Crippen LogP contribution in [-0.4, -0.2) is 44.8 Å². The van der Waals surface area contributed by atoms with Crippen molar-refractivity contribution in [2.45, 2.75) is 32.0 Å². The molecule has 0 bridgehead atoms. The van der Waals surface area contributed by atoms with Crippen LogP contribution in [0.2, 0.25) is 0 Å². The number of ether oxygens (including phenoxy) is 1. The first-order valence-corrected chi connectivity index (χ1v) is 9.00. The number of aryl methyl sites for hydroxylation is 1. The van der Waals surface area contributed by atoms with Gasteiger partial charge in [-0.2, -0.15) is 18.3 Å². The van der Waals surface area contributed by atoms with Crippen molar-refractivity contribution in [2.75, 3.05) is 7.11 Å². The molecule has 0 spiro atoms. The molecule has 0 saturated heterocycles. The van der Waals surface area contributed by atoms with Crippen LogP contribution >= 0.6 is 0 Å². The minimum atomic E-state index is -4.50. The van der Waals surface area contributed by atoms with Crippen molar-refractivity contribution in [1.82, 2.24) is 24.9 Å². The van der Waals surface area contributed by atoms with Crippen molar-refractivity contribution in [1.29, 1.82) is 0 Å². The summed E-state index contributed by atoms with van der Waals surface area (Å²) in [4.78, 5) is 21.2. The number of aromatic nitrogens is 4. The Bertz CT molecular complexity index is 1080. The lowest BCUT2D eigenvalue weighted by molar-refractivity contribution is -0.158. The Balaban J connectivity index is 1.72. The summed E-state index contributed by atoms with van der Waals surface area (Å²) in [6.07, 6.45) is 0.762. The average Bonchev–Trinajstić information content (AvgIpc) is 3.42. The van der Waals surface area contributed by atoms with Gasteiger partial charge in [-0.25, -0.2) is 9.50 Å². The first-order chi connectivity index (χ1) is 13.8. The summed E-state index contributed by atoms with van der Waals surface area (Å²) < 4.78 is 46.4. The summed E-state index contributed by atoms with van der Waals surface area (Å²) in [6, 6.07) is 1.62. The molecular weight excluding hydrogens is 387 g/mol. The zero-order valence-electron chi connectivity index (χ0n) is 15.7. The van der Waals surface area contributed by atoms with Crippen LogP contribution in [0.4, 0.5) is 13.2 Å². The van der Waals surface area contributed by atoms with E-state index in [1.165, 1.54) is 17.8 Å². The molecule has 1 amide bonds. The van der Waals surface area contributed by atoms with E-state index in [9.17, 15) is 18.0 Å². The fraction of sp³-hybridized carbons (Fsp3) is 0.368. The largest absolute Gasteiger partial charge is 0.495 e. The van der Waals surface area contributed by atoms with Crippen molar-refractivity contribution in [3.63, 3.8) is 0 Å². The van der Waals surface area contributed by atoms with Gasteiger partial charge in [-0.05, 0) is 37.8 Å². The Morgan fingerprint density at radius 1 is 1.28 bits per heavy atom. The third kappa shape index (κ3) is 3.74. The number of methoxy groups -OCH3 is 1. The third-order valence-corrected chi connectivity index (χ3v) is 4.87. The molecule has 3 aromatic rings. The normalized spacial score (nSPS) is 15.3. The molecule has 7 nitrogen and oxygen atoms in total. The van der Waals surface area contributed by atoms with Crippen molar-refractivity contribution < 1.29 is 22.7 Å².